The van der Waals surface area contributed by atoms with Crippen molar-refractivity contribution < 1.29 is 19.0 Å². The SMILES string of the molecule is CCCCCCCc1ccc(-c2cc(N(CCO)CCO)ccc2N)c(F)c1F. The third-order valence-corrected chi connectivity index (χ3v) is 5.14. The van der Waals surface area contributed by atoms with Crippen molar-refractivity contribution in [2.75, 3.05) is 36.9 Å². The van der Waals surface area contributed by atoms with Gasteiger partial charge in [-0.2, -0.15) is 0 Å². The minimum absolute atomic E-state index is 0.0876. The Morgan fingerprint density at radius 1 is 0.862 bits per heavy atom. The van der Waals surface area contributed by atoms with Crippen LogP contribution >= 0.6 is 0 Å². The standard InChI is InChI=1S/C23H32F2N2O2/c1-2-3-4-5-6-7-17-8-10-19(23(25)22(17)24)20-16-18(9-11-21(20)26)27(12-14-28)13-15-29/h8-11,16,28-29H,2-7,12-15,26H2,1H3. The van der Waals surface area contributed by atoms with Crippen LogP contribution in [-0.4, -0.2) is 36.5 Å². The van der Waals surface area contributed by atoms with Crippen LogP contribution in [-0.2, 0) is 6.42 Å². The maximum atomic E-state index is 14.9. The average molecular weight is 407 g/mol. The van der Waals surface area contributed by atoms with Crippen molar-refractivity contribution in [3.8, 4) is 11.1 Å². The Balaban J connectivity index is 2.27. The molecule has 0 saturated carbocycles. The lowest BCUT2D eigenvalue weighted by Gasteiger charge is -2.24. The summed E-state index contributed by atoms with van der Waals surface area (Å²) in [5.74, 6) is -1.71. The second-order valence-corrected chi connectivity index (χ2v) is 7.27. The van der Waals surface area contributed by atoms with Crippen molar-refractivity contribution in [2.24, 2.45) is 0 Å². The topological polar surface area (TPSA) is 69.7 Å². The van der Waals surface area contributed by atoms with E-state index in [-0.39, 0.29) is 18.8 Å². The fourth-order valence-corrected chi connectivity index (χ4v) is 3.50. The van der Waals surface area contributed by atoms with Gasteiger partial charge in [0.25, 0.3) is 0 Å². The summed E-state index contributed by atoms with van der Waals surface area (Å²) in [6.07, 6.45) is 5.78. The van der Waals surface area contributed by atoms with Gasteiger partial charge >= 0.3 is 0 Å². The average Bonchev–Trinajstić information content (AvgIpc) is 2.71. The van der Waals surface area contributed by atoms with Crippen molar-refractivity contribution in [3.63, 3.8) is 0 Å². The summed E-state index contributed by atoms with van der Waals surface area (Å²) in [6.45, 7) is 2.60. The summed E-state index contributed by atoms with van der Waals surface area (Å²) in [7, 11) is 0. The van der Waals surface area contributed by atoms with Gasteiger partial charge in [-0.3, -0.25) is 0 Å². The maximum absolute atomic E-state index is 14.9. The first kappa shape index (κ1) is 23.1. The molecule has 0 aliphatic heterocycles. The molecule has 29 heavy (non-hydrogen) atoms. The largest absolute Gasteiger partial charge is 0.398 e. The van der Waals surface area contributed by atoms with E-state index in [1.807, 2.05) is 0 Å². The molecule has 4 nitrogen and oxygen atoms in total. The van der Waals surface area contributed by atoms with Gasteiger partial charge in [0, 0.05) is 35.6 Å². The maximum Gasteiger partial charge on any atom is 0.166 e. The molecule has 0 amide bonds. The van der Waals surface area contributed by atoms with Crippen LogP contribution in [0.2, 0.25) is 0 Å². The van der Waals surface area contributed by atoms with E-state index >= 15 is 0 Å². The number of aryl methyl sites for hydroxylation is 1. The highest BCUT2D eigenvalue weighted by atomic mass is 19.2. The molecule has 0 saturated heterocycles. The van der Waals surface area contributed by atoms with Gasteiger partial charge in [-0.25, -0.2) is 8.78 Å². The number of hydrogen-bond acceptors (Lipinski definition) is 4. The van der Waals surface area contributed by atoms with E-state index < -0.39 is 11.6 Å². The zero-order chi connectivity index (χ0) is 21.2. The molecular formula is C23H32F2N2O2. The highest BCUT2D eigenvalue weighted by Gasteiger charge is 2.17. The lowest BCUT2D eigenvalue weighted by atomic mass is 9.98. The number of rotatable bonds is 12. The first-order chi connectivity index (χ1) is 14.0. The molecule has 0 fully saturated rings. The van der Waals surface area contributed by atoms with Crippen LogP contribution in [0.1, 0.15) is 44.6 Å². The molecule has 0 aromatic heterocycles. The lowest BCUT2D eigenvalue weighted by Crippen LogP contribution is -2.29. The summed E-state index contributed by atoms with van der Waals surface area (Å²) in [4.78, 5) is 1.77. The van der Waals surface area contributed by atoms with Gasteiger partial charge in [0.2, 0.25) is 0 Å². The smallest absolute Gasteiger partial charge is 0.166 e. The van der Waals surface area contributed by atoms with Crippen LogP contribution in [0.3, 0.4) is 0 Å². The predicted molar refractivity (Wildman–Crippen MR) is 115 cm³/mol. The quantitative estimate of drug-likeness (QED) is 0.358. The monoisotopic (exact) mass is 406 g/mol. The minimum Gasteiger partial charge on any atom is -0.398 e. The summed E-state index contributed by atoms with van der Waals surface area (Å²) < 4.78 is 29.5. The molecular weight excluding hydrogens is 374 g/mol. The number of nitrogen functional groups attached to an aromatic ring is 1. The van der Waals surface area contributed by atoms with Crippen molar-refractivity contribution in [2.45, 2.75) is 45.4 Å². The van der Waals surface area contributed by atoms with Crippen molar-refractivity contribution in [1.29, 1.82) is 0 Å². The number of benzene rings is 2. The van der Waals surface area contributed by atoms with E-state index in [4.69, 9.17) is 5.73 Å². The number of aliphatic hydroxyl groups excluding tert-OH is 2. The second-order valence-electron chi connectivity index (χ2n) is 7.27. The molecule has 0 bridgehead atoms. The second kappa shape index (κ2) is 11.7. The number of nitrogens with zero attached hydrogens (tertiary/aromatic N) is 1. The van der Waals surface area contributed by atoms with E-state index in [0.29, 0.717) is 42.0 Å². The van der Waals surface area contributed by atoms with E-state index in [2.05, 4.69) is 6.92 Å². The van der Waals surface area contributed by atoms with Gasteiger partial charge in [-0.05, 0) is 36.6 Å². The number of halogens is 2. The molecule has 160 valence electrons. The predicted octanol–water partition coefficient (Wildman–Crippen LogP) is 4.52. The summed E-state index contributed by atoms with van der Waals surface area (Å²) in [5.41, 5.74) is 7.97. The Morgan fingerprint density at radius 3 is 2.21 bits per heavy atom. The minimum atomic E-state index is -0.893. The molecule has 0 unspecified atom stereocenters. The molecule has 2 aromatic carbocycles. The van der Waals surface area contributed by atoms with E-state index in [1.165, 1.54) is 0 Å². The van der Waals surface area contributed by atoms with Gasteiger partial charge in [0.15, 0.2) is 11.6 Å². The van der Waals surface area contributed by atoms with Crippen molar-refractivity contribution in [3.05, 3.63) is 47.5 Å². The van der Waals surface area contributed by atoms with E-state index in [0.717, 1.165) is 32.1 Å². The third kappa shape index (κ3) is 6.15. The van der Waals surface area contributed by atoms with Crippen LogP contribution in [0.15, 0.2) is 30.3 Å². The number of nitrogens with two attached hydrogens (primary N) is 1. The molecule has 0 aliphatic rings. The van der Waals surface area contributed by atoms with E-state index in [1.54, 1.807) is 35.2 Å². The zero-order valence-corrected chi connectivity index (χ0v) is 17.1. The molecule has 6 heteroatoms. The number of anilines is 2. The Bertz CT molecular complexity index is 778. The molecule has 0 aliphatic carbocycles. The molecule has 0 heterocycles. The van der Waals surface area contributed by atoms with Crippen LogP contribution in [0.5, 0.6) is 0 Å². The summed E-state index contributed by atoms with van der Waals surface area (Å²) in [5, 5.41) is 18.5. The fraction of sp³-hybridized carbons (Fsp3) is 0.478. The highest BCUT2D eigenvalue weighted by Crippen LogP contribution is 2.34. The number of hydrogen-bond donors (Lipinski definition) is 3. The van der Waals surface area contributed by atoms with Gasteiger partial charge in [-0.15, -0.1) is 0 Å². The normalized spacial score (nSPS) is 11.1. The van der Waals surface area contributed by atoms with Gasteiger partial charge < -0.3 is 20.8 Å². The van der Waals surface area contributed by atoms with Crippen LogP contribution < -0.4 is 10.6 Å². The zero-order valence-electron chi connectivity index (χ0n) is 17.1. The Kier molecular flexibility index (Phi) is 9.35. The lowest BCUT2D eigenvalue weighted by molar-refractivity contribution is 0.281. The Hall–Kier alpha value is -2.18. The van der Waals surface area contributed by atoms with Crippen molar-refractivity contribution >= 4 is 11.4 Å². The van der Waals surface area contributed by atoms with Crippen LogP contribution in [0.4, 0.5) is 20.2 Å². The molecule has 0 spiro atoms. The fourth-order valence-electron chi connectivity index (χ4n) is 3.50. The number of aliphatic hydroxyl groups is 2. The molecule has 2 rings (SSSR count). The third-order valence-electron chi connectivity index (χ3n) is 5.14. The van der Waals surface area contributed by atoms with Gasteiger partial charge in [0.1, 0.15) is 0 Å². The molecule has 2 aromatic rings. The Labute approximate surface area is 172 Å². The first-order valence-corrected chi connectivity index (χ1v) is 10.4. The first-order valence-electron chi connectivity index (χ1n) is 10.4. The van der Waals surface area contributed by atoms with Crippen molar-refractivity contribution in [1.82, 2.24) is 0 Å². The Morgan fingerprint density at radius 2 is 1.55 bits per heavy atom. The van der Waals surface area contributed by atoms with Crippen LogP contribution in [0, 0.1) is 11.6 Å². The summed E-state index contributed by atoms with van der Waals surface area (Å²) >= 11 is 0. The van der Waals surface area contributed by atoms with Gasteiger partial charge in [0.05, 0.1) is 13.2 Å². The number of unbranched alkanes of at least 4 members (excludes halogenated alkanes) is 4. The molecule has 0 atom stereocenters. The van der Waals surface area contributed by atoms with Gasteiger partial charge in [-0.1, -0.05) is 44.7 Å². The molecule has 4 N–H and O–H groups in total. The molecule has 0 radical (unpaired) electrons. The van der Waals surface area contributed by atoms with Crippen LogP contribution in [0.25, 0.3) is 11.1 Å². The van der Waals surface area contributed by atoms with E-state index in [9.17, 15) is 19.0 Å². The highest BCUT2D eigenvalue weighted by molar-refractivity contribution is 5.80. The summed E-state index contributed by atoms with van der Waals surface area (Å²) in [6, 6.07) is 8.26.